The van der Waals surface area contributed by atoms with Crippen molar-refractivity contribution in [2.75, 3.05) is 20.8 Å². The fourth-order valence-corrected chi connectivity index (χ4v) is 4.59. The average Bonchev–Trinajstić information content (AvgIpc) is 3.06. The van der Waals surface area contributed by atoms with E-state index >= 15 is 0 Å². The third-order valence-electron chi connectivity index (χ3n) is 4.19. The van der Waals surface area contributed by atoms with E-state index in [4.69, 9.17) is 9.47 Å². The topological polar surface area (TPSA) is 47.6 Å². The minimum absolute atomic E-state index is 0.0359. The predicted molar refractivity (Wildman–Crippen MR) is 104 cm³/mol. The maximum atomic E-state index is 12.4. The van der Waals surface area contributed by atoms with Crippen LogP contribution in [0.5, 0.6) is 11.5 Å². The van der Waals surface area contributed by atoms with E-state index in [9.17, 15) is 4.79 Å². The van der Waals surface area contributed by atoms with Crippen LogP contribution in [-0.4, -0.2) is 31.9 Å². The van der Waals surface area contributed by atoms with Crippen LogP contribution in [0.2, 0.25) is 0 Å². The van der Waals surface area contributed by atoms with Crippen molar-refractivity contribution in [1.82, 2.24) is 5.32 Å². The maximum Gasteiger partial charge on any atom is 0.233 e. The average molecular weight is 422 g/mol. The second kappa shape index (κ2) is 8.15. The monoisotopic (exact) mass is 421 g/mol. The van der Waals surface area contributed by atoms with Crippen LogP contribution in [0.25, 0.3) is 0 Å². The number of fused-ring (bicyclic) bond motifs is 1. The van der Waals surface area contributed by atoms with Gasteiger partial charge in [0.2, 0.25) is 5.91 Å². The van der Waals surface area contributed by atoms with Crippen molar-refractivity contribution < 1.29 is 14.3 Å². The molecule has 1 aliphatic heterocycles. The van der Waals surface area contributed by atoms with Crippen LogP contribution in [0.3, 0.4) is 0 Å². The number of thioether (sulfide) groups is 1. The SMILES string of the molecule is COc1cc(Br)c(CCNC(=O)C2Cc3ccccc3S2)cc1OC. The van der Waals surface area contributed by atoms with E-state index in [1.807, 2.05) is 24.3 Å². The highest BCUT2D eigenvalue weighted by Gasteiger charge is 2.27. The number of methoxy groups -OCH3 is 2. The number of benzene rings is 2. The molecule has 6 heteroatoms. The first kappa shape index (κ1) is 18.1. The Balaban J connectivity index is 1.56. The fraction of sp³-hybridized carbons (Fsp3) is 0.316. The van der Waals surface area contributed by atoms with Crippen LogP contribution in [0.15, 0.2) is 45.8 Å². The minimum atomic E-state index is -0.0359. The molecule has 1 atom stereocenters. The zero-order valence-electron chi connectivity index (χ0n) is 14.2. The zero-order valence-corrected chi connectivity index (χ0v) is 16.6. The fourth-order valence-electron chi connectivity index (χ4n) is 2.85. The highest BCUT2D eigenvalue weighted by Crippen LogP contribution is 2.37. The number of halogens is 1. The summed E-state index contributed by atoms with van der Waals surface area (Å²) in [6.07, 6.45) is 1.52. The lowest BCUT2D eigenvalue weighted by Crippen LogP contribution is -2.33. The first-order valence-corrected chi connectivity index (χ1v) is 9.72. The van der Waals surface area contributed by atoms with Crippen molar-refractivity contribution in [3.8, 4) is 11.5 Å². The van der Waals surface area contributed by atoms with Gasteiger partial charge in [0.25, 0.3) is 0 Å². The van der Waals surface area contributed by atoms with E-state index in [2.05, 4.69) is 33.4 Å². The molecule has 1 heterocycles. The molecule has 0 aromatic heterocycles. The lowest BCUT2D eigenvalue weighted by molar-refractivity contribution is -0.120. The summed E-state index contributed by atoms with van der Waals surface area (Å²) in [5, 5.41) is 3.01. The Hall–Kier alpha value is -1.66. The number of rotatable bonds is 6. The molecule has 0 fully saturated rings. The molecular formula is C19H20BrNO3S. The summed E-state index contributed by atoms with van der Waals surface area (Å²) in [7, 11) is 3.23. The molecule has 0 saturated carbocycles. The highest BCUT2D eigenvalue weighted by molar-refractivity contribution is 9.10. The van der Waals surface area contributed by atoms with Crippen molar-refractivity contribution in [2.45, 2.75) is 23.0 Å². The summed E-state index contributed by atoms with van der Waals surface area (Å²) in [6.45, 7) is 0.584. The van der Waals surface area contributed by atoms with Gasteiger partial charge in [-0.05, 0) is 42.2 Å². The third kappa shape index (κ3) is 4.12. The smallest absolute Gasteiger partial charge is 0.233 e. The number of nitrogens with one attached hydrogen (secondary N) is 1. The van der Waals surface area contributed by atoms with Crippen LogP contribution in [-0.2, 0) is 17.6 Å². The largest absolute Gasteiger partial charge is 0.493 e. The number of carbonyl (C=O) groups excluding carboxylic acids is 1. The normalized spacial score (nSPS) is 15.6. The van der Waals surface area contributed by atoms with E-state index in [-0.39, 0.29) is 11.2 Å². The van der Waals surface area contributed by atoms with Gasteiger partial charge in [0.1, 0.15) is 0 Å². The summed E-state index contributed by atoms with van der Waals surface area (Å²) in [5.74, 6) is 1.47. The molecule has 1 aliphatic rings. The van der Waals surface area contributed by atoms with E-state index in [0.717, 1.165) is 22.9 Å². The summed E-state index contributed by atoms with van der Waals surface area (Å²) in [4.78, 5) is 13.6. The maximum absolute atomic E-state index is 12.4. The number of carbonyl (C=O) groups is 1. The summed E-state index contributed by atoms with van der Waals surface area (Å²) in [5.41, 5.74) is 2.33. The van der Waals surface area contributed by atoms with Crippen LogP contribution in [0.1, 0.15) is 11.1 Å². The number of ether oxygens (including phenoxy) is 2. The lowest BCUT2D eigenvalue weighted by atomic mass is 10.1. The van der Waals surface area contributed by atoms with E-state index in [1.54, 1.807) is 26.0 Å². The van der Waals surface area contributed by atoms with Gasteiger partial charge in [0.15, 0.2) is 11.5 Å². The summed E-state index contributed by atoms with van der Waals surface area (Å²) in [6, 6.07) is 12.0. The quantitative estimate of drug-likeness (QED) is 0.769. The van der Waals surface area contributed by atoms with Crippen LogP contribution < -0.4 is 14.8 Å². The molecular weight excluding hydrogens is 402 g/mol. The first-order valence-electron chi connectivity index (χ1n) is 8.05. The molecule has 132 valence electrons. The summed E-state index contributed by atoms with van der Waals surface area (Å²) >= 11 is 5.20. The molecule has 0 aliphatic carbocycles. The van der Waals surface area contributed by atoms with E-state index in [0.29, 0.717) is 18.0 Å². The first-order chi connectivity index (χ1) is 12.1. The van der Waals surface area contributed by atoms with Crippen molar-refractivity contribution in [2.24, 2.45) is 0 Å². The van der Waals surface area contributed by atoms with Gasteiger partial charge in [0.05, 0.1) is 19.5 Å². The van der Waals surface area contributed by atoms with Gasteiger partial charge >= 0.3 is 0 Å². The van der Waals surface area contributed by atoms with Crippen molar-refractivity contribution in [3.05, 3.63) is 52.0 Å². The molecule has 0 saturated heterocycles. The molecule has 1 N–H and O–H groups in total. The Morgan fingerprint density at radius 2 is 1.96 bits per heavy atom. The number of hydrogen-bond acceptors (Lipinski definition) is 4. The Labute approximate surface area is 160 Å². The molecule has 1 amide bonds. The Morgan fingerprint density at radius 1 is 1.24 bits per heavy atom. The van der Waals surface area contributed by atoms with Crippen LogP contribution in [0.4, 0.5) is 0 Å². The van der Waals surface area contributed by atoms with Gasteiger partial charge in [-0.15, -0.1) is 11.8 Å². The van der Waals surface area contributed by atoms with Crippen LogP contribution in [0, 0.1) is 0 Å². The zero-order chi connectivity index (χ0) is 17.8. The molecule has 0 bridgehead atoms. The molecule has 2 aromatic rings. The van der Waals surface area contributed by atoms with Gasteiger partial charge in [-0.2, -0.15) is 0 Å². The molecule has 3 rings (SSSR count). The van der Waals surface area contributed by atoms with Gasteiger partial charge in [-0.1, -0.05) is 34.1 Å². The molecule has 0 spiro atoms. The standard InChI is InChI=1S/C19H20BrNO3S/c1-23-15-9-12(14(20)11-16(15)24-2)7-8-21-19(22)18-10-13-5-3-4-6-17(13)25-18/h3-6,9,11,18H,7-8,10H2,1-2H3,(H,21,22). The molecule has 0 radical (unpaired) electrons. The van der Waals surface area contributed by atoms with Gasteiger partial charge in [-0.3, -0.25) is 4.79 Å². The number of amides is 1. The second-order valence-corrected chi connectivity index (χ2v) is 7.86. The van der Waals surface area contributed by atoms with Crippen molar-refractivity contribution >= 4 is 33.6 Å². The van der Waals surface area contributed by atoms with Gasteiger partial charge in [-0.25, -0.2) is 0 Å². The lowest BCUT2D eigenvalue weighted by Gasteiger charge is -2.13. The molecule has 2 aromatic carbocycles. The van der Waals surface area contributed by atoms with Gasteiger partial charge in [0, 0.05) is 15.9 Å². The predicted octanol–water partition coefficient (Wildman–Crippen LogP) is 3.84. The second-order valence-electron chi connectivity index (χ2n) is 5.76. The Morgan fingerprint density at radius 3 is 2.68 bits per heavy atom. The third-order valence-corrected chi connectivity index (χ3v) is 6.24. The van der Waals surface area contributed by atoms with E-state index < -0.39 is 0 Å². The number of hydrogen-bond donors (Lipinski definition) is 1. The van der Waals surface area contributed by atoms with E-state index in [1.165, 1.54) is 10.5 Å². The molecule has 1 unspecified atom stereocenters. The van der Waals surface area contributed by atoms with Gasteiger partial charge < -0.3 is 14.8 Å². The molecule has 25 heavy (non-hydrogen) atoms. The Bertz CT molecular complexity index is 756. The van der Waals surface area contributed by atoms with Crippen LogP contribution >= 0.6 is 27.7 Å². The summed E-state index contributed by atoms with van der Waals surface area (Å²) < 4.78 is 11.6. The van der Waals surface area contributed by atoms with Crippen molar-refractivity contribution in [3.63, 3.8) is 0 Å². The minimum Gasteiger partial charge on any atom is -0.493 e. The molecule has 4 nitrogen and oxygen atoms in total. The highest BCUT2D eigenvalue weighted by atomic mass is 79.9. The van der Waals surface area contributed by atoms with Crippen molar-refractivity contribution in [1.29, 1.82) is 0 Å². The Kier molecular flexibility index (Phi) is 5.91.